The van der Waals surface area contributed by atoms with Gasteiger partial charge in [0, 0.05) is 11.8 Å². The van der Waals surface area contributed by atoms with Crippen molar-refractivity contribution in [3.63, 3.8) is 0 Å². The summed E-state index contributed by atoms with van der Waals surface area (Å²) in [4.78, 5) is 12.5. The van der Waals surface area contributed by atoms with E-state index in [0.29, 0.717) is 23.6 Å². The lowest BCUT2D eigenvalue weighted by atomic mass is 10.00. The van der Waals surface area contributed by atoms with Crippen LogP contribution in [0.15, 0.2) is 36.4 Å². The molecule has 5 heteroatoms. The van der Waals surface area contributed by atoms with Crippen molar-refractivity contribution >= 4 is 11.6 Å². The van der Waals surface area contributed by atoms with Crippen molar-refractivity contribution in [1.29, 1.82) is 0 Å². The number of ether oxygens (including phenoxy) is 3. The zero-order valence-corrected chi connectivity index (χ0v) is 14.1. The molecule has 0 spiro atoms. The van der Waals surface area contributed by atoms with Crippen LogP contribution in [0.4, 0.5) is 5.69 Å². The van der Waals surface area contributed by atoms with Gasteiger partial charge in [-0.25, -0.2) is 0 Å². The van der Waals surface area contributed by atoms with Gasteiger partial charge in [0.15, 0.2) is 17.6 Å². The first-order chi connectivity index (χ1) is 11.6. The van der Waals surface area contributed by atoms with Crippen molar-refractivity contribution in [2.45, 2.75) is 25.9 Å². The first-order valence-electron chi connectivity index (χ1n) is 7.90. The Labute approximate surface area is 141 Å². The molecule has 0 fully saturated rings. The first-order valence-corrected chi connectivity index (χ1v) is 7.90. The van der Waals surface area contributed by atoms with Crippen molar-refractivity contribution in [3.05, 3.63) is 47.5 Å². The number of hydrogen-bond donors (Lipinski definition) is 1. The van der Waals surface area contributed by atoms with Crippen LogP contribution in [0, 0.1) is 6.92 Å². The summed E-state index contributed by atoms with van der Waals surface area (Å²) in [6.07, 6.45) is 1.00. The van der Waals surface area contributed by atoms with E-state index in [4.69, 9.17) is 14.2 Å². The Kier molecular flexibility index (Phi) is 4.60. The van der Waals surface area contributed by atoms with Crippen molar-refractivity contribution in [2.24, 2.45) is 0 Å². The Morgan fingerprint density at radius 1 is 1.12 bits per heavy atom. The van der Waals surface area contributed by atoms with Crippen LogP contribution in [0.1, 0.15) is 17.5 Å². The molecule has 2 aromatic carbocycles. The van der Waals surface area contributed by atoms with Crippen molar-refractivity contribution in [2.75, 3.05) is 19.5 Å². The Balaban J connectivity index is 1.71. The van der Waals surface area contributed by atoms with Crippen LogP contribution < -0.4 is 19.5 Å². The number of carbonyl (C=O) groups excluding carboxylic acids is 1. The number of benzene rings is 2. The minimum Gasteiger partial charge on any atom is -0.493 e. The van der Waals surface area contributed by atoms with E-state index in [1.54, 1.807) is 32.4 Å². The molecule has 1 aliphatic rings. The van der Waals surface area contributed by atoms with E-state index in [0.717, 1.165) is 17.7 Å². The molecule has 1 amide bonds. The number of methoxy groups -OCH3 is 2. The molecule has 24 heavy (non-hydrogen) atoms. The molecule has 1 unspecified atom stereocenters. The van der Waals surface area contributed by atoms with Crippen molar-refractivity contribution < 1.29 is 19.0 Å². The van der Waals surface area contributed by atoms with Crippen LogP contribution in [-0.4, -0.2) is 26.2 Å². The fourth-order valence-corrected chi connectivity index (χ4v) is 2.84. The van der Waals surface area contributed by atoms with Gasteiger partial charge in [0.1, 0.15) is 5.75 Å². The number of carbonyl (C=O) groups is 1. The summed E-state index contributed by atoms with van der Waals surface area (Å²) in [5.41, 5.74) is 3.01. The quantitative estimate of drug-likeness (QED) is 0.936. The minimum absolute atomic E-state index is 0.159. The molecule has 0 radical (unpaired) electrons. The van der Waals surface area contributed by atoms with Gasteiger partial charge < -0.3 is 19.5 Å². The maximum atomic E-state index is 12.5. The number of fused-ring (bicyclic) bond motifs is 1. The second-order valence-corrected chi connectivity index (χ2v) is 5.82. The van der Waals surface area contributed by atoms with E-state index in [2.05, 4.69) is 18.3 Å². The number of rotatable bonds is 4. The Bertz CT molecular complexity index is 757. The molecular weight excluding hydrogens is 306 g/mol. The van der Waals surface area contributed by atoms with Crippen molar-refractivity contribution in [3.8, 4) is 17.2 Å². The fourth-order valence-electron chi connectivity index (χ4n) is 2.84. The van der Waals surface area contributed by atoms with Crippen LogP contribution in [0.25, 0.3) is 0 Å². The van der Waals surface area contributed by atoms with E-state index in [1.807, 2.05) is 12.1 Å². The highest BCUT2D eigenvalue weighted by molar-refractivity contribution is 5.94. The highest BCUT2D eigenvalue weighted by Gasteiger charge is 2.26. The second-order valence-electron chi connectivity index (χ2n) is 5.82. The largest absolute Gasteiger partial charge is 0.493 e. The molecule has 5 nitrogen and oxygen atoms in total. The topological polar surface area (TPSA) is 56.8 Å². The molecule has 126 valence electrons. The van der Waals surface area contributed by atoms with Gasteiger partial charge in [-0.05, 0) is 43.5 Å². The zero-order chi connectivity index (χ0) is 17.1. The van der Waals surface area contributed by atoms with Gasteiger partial charge in [-0.3, -0.25) is 4.79 Å². The molecule has 1 aliphatic heterocycles. The zero-order valence-electron chi connectivity index (χ0n) is 14.1. The highest BCUT2D eigenvalue weighted by atomic mass is 16.5. The van der Waals surface area contributed by atoms with E-state index in [-0.39, 0.29) is 5.91 Å². The number of aryl methyl sites for hydroxylation is 2. The maximum absolute atomic E-state index is 12.5. The van der Waals surface area contributed by atoms with Gasteiger partial charge in [-0.15, -0.1) is 0 Å². The average molecular weight is 327 g/mol. The van der Waals surface area contributed by atoms with Crippen LogP contribution in [0.2, 0.25) is 0 Å². The summed E-state index contributed by atoms with van der Waals surface area (Å²) >= 11 is 0. The van der Waals surface area contributed by atoms with Gasteiger partial charge in [-0.1, -0.05) is 17.7 Å². The highest BCUT2D eigenvalue weighted by Crippen LogP contribution is 2.31. The summed E-state index contributed by atoms with van der Waals surface area (Å²) in [7, 11) is 3.14. The number of amides is 1. The molecule has 0 aromatic heterocycles. The third-order valence-corrected chi connectivity index (χ3v) is 4.10. The lowest BCUT2D eigenvalue weighted by molar-refractivity contribution is -0.123. The molecule has 1 N–H and O–H groups in total. The molecule has 0 aliphatic carbocycles. The van der Waals surface area contributed by atoms with E-state index in [9.17, 15) is 4.79 Å². The molecule has 0 saturated carbocycles. The minimum atomic E-state index is -0.492. The van der Waals surface area contributed by atoms with Gasteiger partial charge in [0.05, 0.1) is 14.2 Å². The number of hydrogen-bond acceptors (Lipinski definition) is 4. The molecule has 0 saturated heterocycles. The van der Waals surface area contributed by atoms with Gasteiger partial charge >= 0.3 is 0 Å². The molecule has 0 bridgehead atoms. The summed E-state index contributed by atoms with van der Waals surface area (Å²) < 4.78 is 16.3. The number of nitrogens with one attached hydrogen (secondary N) is 1. The Morgan fingerprint density at radius 2 is 1.92 bits per heavy atom. The number of anilines is 1. The molecular formula is C19H21NO4. The van der Waals surface area contributed by atoms with Gasteiger partial charge in [0.2, 0.25) is 0 Å². The van der Waals surface area contributed by atoms with E-state index < -0.39 is 6.10 Å². The van der Waals surface area contributed by atoms with E-state index in [1.165, 1.54) is 5.56 Å². The molecule has 3 rings (SSSR count). The van der Waals surface area contributed by atoms with E-state index >= 15 is 0 Å². The SMILES string of the molecule is COc1ccc(NC(=O)C2CCc3cc(C)ccc3O2)cc1OC. The Morgan fingerprint density at radius 3 is 2.67 bits per heavy atom. The van der Waals surface area contributed by atoms with Gasteiger partial charge in [-0.2, -0.15) is 0 Å². The first kappa shape index (κ1) is 16.2. The third-order valence-electron chi connectivity index (χ3n) is 4.10. The standard InChI is InChI=1S/C19H21NO4/c1-12-4-7-15-13(10-12)5-8-17(24-15)19(21)20-14-6-9-16(22-2)18(11-14)23-3/h4,6-7,9-11,17H,5,8H2,1-3H3,(H,20,21). The lowest BCUT2D eigenvalue weighted by Crippen LogP contribution is -2.35. The molecule has 1 heterocycles. The van der Waals surface area contributed by atoms with Crippen LogP contribution >= 0.6 is 0 Å². The fraction of sp³-hybridized carbons (Fsp3) is 0.316. The lowest BCUT2D eigenvalue weighted by Gasteiger charge is -2.25. The summed E-state index contributed by atoms with van der Waals surface area (Å²) in [6.45, 7) is 2.05. The third kappa shape index (κ3) is 3.30. The monoisotopic (exact) mass is 327 g/mol. The van der Waals surface area contributed by atoms with Crippen LogP contribution in [0.3, 0.4) is 0 Å². The van der Waals surface area contributed by atoms with Crippen molar-refractivity contribution in [1.82, 2.24) is 0 Å². The maximum Gasteiger partial charge on any atom is 0.265 e. The van der Waals surface area contributed by atoms with Gasteiger partial charge in [0.25, 0.3) is 5.91 Å². The predicted molar refractivity (Wildman–Crippen MR) is 92.1 cm³/mol. The second kappa shape index (κ2) is 6.83. The summed E-state index contributed by atoms with van der Waals surface area (Å²) in [5, 5.41) is 2.88. The van der Waals surface area contributed by atoms with Crippen LogP contribution in [0.5, 0.6) is 17.2 Å². The molecule has 1 atom stereocenters. The normalized spacial score (nSPS) is 15.9. The van der Waals surface area contributed by atoms with Crippen LogP contribution in [-0.2, 0) is 11.2 Å². The summed E-state index contributed by atoms with van der Waals surface area (Å²) in [5.74, 6) is 1.82. The Hall–Kier alpha value is -2.69. The summed E-state index contributed by atoms with van der Waals surface area (Å²) in [6, 6.07) is 11.3. The molecule has 2 aromatic rings. The predicted octanol–water partition coefficient (Wildman–Crippen LogP) is 3.34. The smallest absolute Gasteiger partial charge is 0.265 e. The average Bonchev–Trinajstić information content (AvgIpc) is 2.61.